The minimum atomic E-state index is -0.393. The fourth-order valence-electron chi connectivity index (χ4n) is 1.20. The maximum absolute atomic E-state index is 11.3. The highest BCUT2D eigenvalue weighted by molar-refractivity contribution is 9.10. The Morgan fingerprint density at radius 2 is 2.31 bits per heavy atom. The third-order valence-electron chi connectivity index (χ3n) is 1.88. The average Bonchev–Trinajstić information content (AvgIpc) is 2.60. The summed E-state index contributed by atoms with van der Waals surface area (Å²) < 4.78 is 0.0477. The van der Waals surface area contributed by atoms with Crippen LogP contribution in [-0.2, 0) is 6.42 Å². The van der Waals surface area contributed by atoms with Crippen LogP contribution in [0.1, 0.15) is 16.5 Å². The summed E-state index contributed by atoms with van der Waals surface area (Å²) in [5.41, 5.74) is 0.541. The van der Waals surface area contributed by atoms with E-state index in [2.05, 4.69) is 30.9 Å². The summed E-state index contributed by atoms with van der Waals surface area (Å²) in [5, 5.41) is 12.1. The summed E-state index contributed by atoms with van der Waals surface area (Å²) in [6.45, 7) is 1.90. The van der Waals surface area contributed by atoms with Gasteiger partial charge in [0.15, 0.2) is 0 Å². The first-order valence-electron chi connectivity index (χ1n) is 4.45. The Morgan fingerprint density at radius 1 is 1.56 bits per heavy atom. The van der Waals surface area contributed by atoms with Gasteiger partial charge in [-0.25, -0.2) is 4.98 Å². The number of aryl methyl sites for hydroxylation is 1. The number of aromatic hydroxyl groups is 1. The zero-order valence-electron chi connectivity index (χ0n) is 8.32. The van der Waals surface area contributed by atoms with Crippen molar-refractivity contribution in [1.29, 1.82) is 0 Å². The molecule has 0 atom stereocenters. The molecule has 2 rings (SSSR count). The van der Waals surface area contributed by atoms with Gasteiger partial charge in [-0.3, -0.25) is 4.79 Å². The Bertz CT molecular complexity index is 578. The van der Waals surface area contributed by atoms with E-state index < -0.39 is 5.56 Å². The zero-order valence-corrected chi connectivity index (χ0v) is 10.7. The highest BCUT2D eigenvalue weighted by Crippen LogP contribution is 2.17. The van der Waals surface area contributed by atoms with Gasteiger partial charge in [0.2, 0.25) is 5.88 Å². The summed E-state index contributed by atoms with van der Waals surface area (Å²) in [7, 11) is 0. The number of hydrogen-bond acceptors (Lipinski definition) is 5. The second-order valence-electron chi connectivity index (χ2n) is 3.21. The molecule has 16 heavy (non-hydrogen) atoms. The summed E-state index contributed by atoms with van der Waals surface area (Å²) in [6.07, 6.45) is 0.411. The van der Waals surface area contributed by atoms with Crippen LogP contribution in [0.5, 0.6) is 5.88 Å². The fraction of sp³-hybridized carbons (Fsp3) is 0.222. The molecule has 2 aromatic rings. The molecule has 0 radical (unpaired) electrons. The Balaban J connectivity index is 2.32. The molecule has 0 spiro atoms. The SMILES string of the molecule is Cc1csc(Cc2nc(O)c(Br)c(=O)[nH]2)n1. The maximum atomic E-state index is 11.3. The third kappa shape index (κ3) is 2.30. The molecule has 2 heterocycles. The number of hydrogen-bond donors (Lipinski definition) is 2. The number of aromatic amines is 1. The molecule has 0 aliphatic rings. The van der Waals surface area contributed by atoms with Gasteiger partial charge in [0.1, 0.15) is 15.3 Å². The smallest absolute Gasteiger partial charge is 0.269 e. The first kappa shape index (κ1) is 11.3. The van der Waals surface area contributed by atoms with Crippen molar-refractivity contribution in [3.8, 4) is 5.88 Å². The molecule has 0 unspecified atom stereocenters. The molecule has 0 fully saturated rings. The van der Waals surface area contributed by atoms with Crippen LogP contribution in [0.4, 0.5) is 0 Å². The monoisotopic (exact) mass is 301 g/mol. The van der Waals surface area contributed by atoms with Crippen molar-refractivity contribution in [3.63, 3.8) is 0 Å². The Hall–Kier alpha value is -1.21. The average molecular weight is 302 g/mol. The van der Waals surface area contributed by atoms with E-state index in [0.29, 0.717) is 12.2 Å². The van der Waals surface area contributed by atoms with E-state index in [1.165, 1.54) is 11.3 Å². The highest BCUT2D eigenvalue weighted by atomic mass is 79.9. The quantitative estimate of drug-likeness (QED) is 0.883. The Morgan fingerprint density at radius 3 is 2.88 bits per heavy atom. The van der Waals surface area contributed by atoms with Crippen LogP contribution in [0.25, 0.3) is 0 Å². The molecule has 0 saturated heterocycles. The third-order valence-corrected chi connectivity index (χ3v) is 3.56. The molecule has 2 N–H and O–H groups in total. The van der Waals surface area contributed by atoms with Crippen LogP contribution in [0.3, 0.4) is 0 Å². The first-order chi connectivity index (χ1) is 7.56. The van der Waals surface area contributed by atoms with Gasteiger partial charge in [-0.15, -0.1) is 11.3 Å². The van der Waals surface area contributed by atoms with Crippen LogP contribution in [0, 0.1) is 6.92 Å². The van der Waals surface area contributed by atoms with Gasteiger partial charge < -0.3 is 10.1 Å². The van der Waals surface area contributed by atoms with E-state index in [4.69, 9.17) is 0 Å². The molecule has 0 aromatic carbocycles. The molecule has 0 saturated carbocycles. The number of H-pyrrole nitrogens is 1. The second-order valence-corrected chi connectivity index (χ2v) is 4.95. The van der Waals surface area contributed by atoms with E-state index in [0.717, 1.165) is 10.7 Å². The minimum Gasteiger partial charge on any atom is -0.492 e. The molecule has 0 aliphatic carbocycles. The van der Waals surface area contributed by atoms with E-state index in [-0.39, 0.29) is 10.4 Å². The molecule has 0 bridgehead atoms. The van der Waals surface area contributed by atoms with Crippen LogP contribution >= 0.6 is 27.3 Å². The van der Waals surface area contributed by atoms with Crippen LogP contribution < -0.4 is 5.56 Å². The summed E-state index contributed by atoms with van der Waals surface area (Å²) in [6, 6.07) is 0. The first-order valence-corrected chi connectivity index (χ1v) is 6.12. The summed E-state index contributed by atoms with van der Waals surface area (Å²) >= 11 is 4.43. The van der Waals surface area contributed by atoms with E-state index >= 15 is 0 Å². The largest absolute Gasteiger partial charge is 0.492 e. The van der Waals surface area contributed by atoms with Crippen LogP contribution in [0.2, 0.25) is 0 Å². The zero-order chi connectivity index (χ0) is 11.7. The lowest BCUT2D eigenvalue weighted by Gasteiger charge is -1.99. The standard InChI is InChI=1S/C9H8BrN3O2S/c1-4-3-16-6(11-4)2-5-12-8(14)7(10)9(15)13-5/h3H,2H2,1H3,(H2,12,13,14,15). The lowest BCUT2D eigenvalue weighted by Crippen LogP contribution is -2.12. The van der Waals surface area contributed by atoms with Crippen LogP contribution in [0.15, 0.2) is 14.6 Å². The molecule has 2 aromatic heterocycles. The van der Waals surface area contributed by atoms with Crippen molar-refractivity contribution in [3.05, 3.63) is 36.7 Å². The predicted molar refractivity (Wildman–Crippen MR) is 63.9 cm³/mol. The normalized spacial score (nSPS) is 10.6. The summed E-state index contributed by atoms with van der Waals surface area (Å²) in [4.78, 5) is 22.0. The van der Waals surface area contributed by atoms with Crippen molar-refractivity contribution in [2.45, 2.75) is 13.3 Å². The van der Waals surface area contributed by atoms with Gasteiger partial charge >= 0.3 is 0 Å². The second kappa shape index (κ2) is 4.34. The van der Waals surface area contributed by atoms with E-state index in [9.17, 15) is 9.90 Å². The number of aromatic nitrogens is 3. The maximum Gasteiger partial charge on any atom is 0.269 e. The summed E-state index contributed by atoms with van der Waals surface area (Å²) in [5.74, 6) is 0.104. The molecule has 0 amide bonds. The molecule has 5 nitrogen and oxygen atoms in total. The van der Waals surface area contributed by atoms with Gasteiger partial charge in [-0.05, 0) is 22.9 Å². The predicted octanol–water partition coefficient (Wildman–Crippen LogP) is 1.59. The lowest BCUT2D eigenvalue weighted by atomic mass is 10.4. The molecule has 84 valence electrons. The molecular weight excluding hydrogens is 294 g/mol. The molecule has 7 heteroatoms. The number of nitrogens with one attached hydrogen (secondary N) is 1. The van der Waals surface area contributed by atoms with Gasteiger partial charge in [-0.2, -0.15) is 4.98 Å². The van der Waals surface area contributed by atoms with E-state index in [1.54, 1.807) is 0 Å². The van der Waals surface area contributed by atoms with Gasteiger partial charge in [-0.1, -0.05) is 0 Å². The van der Waals surface area contributed by atoms with Crippen LogP contribution in [-0.4, -0.2) is 20.1 Å². The van der Waals surface area contributed by atoms with Crippen molar-refractivity contribution in [1.82, 2.24) is 15.0 Å². The van der Waals surface area contributed by atoms with Crippen molar-refractivity contribution in [2.75, 3.05) is 0 Å². The van der Waals surface area contributed by atoms with Gasteiger partial charge in [0.05, 0.1) is 6.42 Å². The fourth-order valence-corrected chi connectivity index (χ4v) is 2.17. The van der Waals surface area contributed by atoms with E-state index in [1.807, 2.05) is 12.3 Å². The topological polar surface area (TPSA) is 78.9 Å². The Labute approximate surface area is 103 Å². The minimum absolute atomic E-state index is 0.0477. The number of nitrogens with zero attached hydrogens (tertiary/aromatic N) is 2. The van der Waals surface area contributed by atoms with Crippen molar-refractivity contribution < 1.29 is 5.11 Å². The van der Waals surface area contributed by atoms with Crippen molar-refractivity contribution in [2.24, 2.45) is 0 Å². The number of thiazole rings is 1. The highest BCUT2D eigenvalue weighted by Gasteiger charge is 2.09. The van der Waals surface area contributed by atoms with Gasteiger partial charge in [0, 0.05) is 11.1 Å². The number of rotatable bonds is 2. The molecule has 0 aliphatic heterocycles. The lowest BCUT2D eigenvalue weighted by molar-refractivity contribution is 0.444. The van der Waals surface area contributed by atoms with Gasteiger partial charge in [0.25, 0.3) is 5.56 Å². The number of halogens is 1. The Kier molecular flexibility index (Phi) is 3.06. The van der Waals surface area contributed by atoms with Crippen molar-refractivity contribution >= 4 is 27.3 Å². The molecular formula is C9H8BrN3O2S.